The van der Waals surface area contributed by atoms with Crippen LogP contribution in [-0.4, -0.2) is 45.5 Å². The lowest BCUT2D eigenvalue weighted by atomic mass is 10.4. The lowest BCUT2D eigenvalue weighted by Crippen LogP contribution is -2.37. The van der Waals surface area contributed by atoms with Crippen LogP contribution in [0.5, 0.6) is 0 Å². The molecule has 4 N–H and O–H groups in total. The van der Waals surface area contributed by atoms with Gasteiger partial charge in [-0.3, -0.25) is 5.32 Å². The number of carbonyl (C=O) groups is 1. The molecule has 0 saturated heterocycles. The molecule has 0 spiro atoms. The Bertz CT molecular complexity index is 377. The summed E-state index contributed by atoms with van der Waals surface area (Å²) in [5, 5.41) is 22.4. The first kappa shape index (κ1) is 13.3. The Balaban J connectivity index is 2.50. The van der Waals surface area contributed by atoms with Crippen LogP contribution in [0.2, 0.25) is 0 Å². The summed E-state index contributed by atoms with van der Waals surface area (Å²) in [6.07, 6.45) is -0.971. The van der Waals surface area contributed by atoms with E-state index in [1.807, 2.05) is 0 Å². The summed E-state index contributed by atoms with van der Waals surface area (Å²) in [4.78, 5) is 19.4. The predicted molar refractivity (Wildman–Crippen MR) is 61.6 cm³/mol. The Morgan fingerprint density at radius 1 is 1.41 bits per heavy atom. The number of aliphatic hydroxyl groups excluding tert-OH is 2. The number of anilines is 1. The SMILES string of the molecule is Cc1cc(C)nc(NC(=O)NCC(O)CO)n1. The maximum absolute atomic E-state index is 11.4. The van der Waals surface area contributed by atoms with Crippen molar-refractivity contribution in [3.63, 3.8) is 0 Å². The van der Waals surface area contributed by atoms with E-state index in [1.165, 1.54) is 0 Å². The van der Waals surface area contributed by atoms with E-state index in [4.69, 9.17) is 10.2 Å². The van der Waals surface area contributed by atoms with Gasteiger partial charge in [0.15, 0.2) is 0 Å². The Morgan fingerprint density at radius 3 is 2.53 bits per heavy atom. The van der Waals surface area contributed by atoms with Gasteiger partial charge in [0, 0.05) is 17.9 Å². The molecule has 1 heterocycles. The number of hydrogen-bond acceptors (Lipinski definition) is 5. The van der Waals surface area contributed by atoms with Crippen LogP contribution in [0.25, 0.3) is 0 Å². The summed E-state index contributed by atoms with van der Waals surface area (Å²) in [5.74, 6) is 0.207. The molecule has 94 valence electrons. The fourth-order valence-corrected chi connectivity index (χ4v) is 1.20. The first-order valence-electron chi connectivity index (χ1n) is 5.17. The van der Waals surface area contributed by atoms with Crippen molar-refractivity contribution in [2.24, 2.45) is 0 Å². The van der Waals surface area contributed by atoms with Crippen molar-refractivity contribution in [1.29, 1.82) is 0 Å². The number of urea groups is 1. The topological polar surface area (TPSA) is 107 Å². The number of hydrogen-bond donors (Lipinski definition) is 4. The molecule has 17 heavy (non-hydrogen) atoms. The smallest absolute Gasteiger partial charge is 0.321 e. The third-order valence-electron chi connectivity index (χ3n) is 1.92. The van der Waals surface area contributed by atoms with Crippen LogP contribution in [0.4, 0.5) is 10.7 Å². The van der Waals surface area contributed by atoms with Gasteiger partial charge in [-0.2, -0.15) is 0 Å². The summed E-state index contributed by atoms with van der Waals surface area (Å²) < 4.78 is 0. The van der Waals surface area contributed by atoms with E-state index in [2.05, 4.69) is 20.6 Å². The molecule has 1 aromatic heterocycles. The average molecular weight is 240 g/mol. The monoisotopic (exact) mass is 240 g/mol. The molecule has 1 unspecified atom stereocenters. The first-order valence-corrected chi connectivity index (χ1v) is 5.17. The molecule has 7 heteroatoms. The van der Waals surface area contributed by atoms with Gasteiger partial charge in [0.1, 0.15) is 0 Å². The van der Waals surface area contributed by atoms with Gasteiger partial charge in [0.25, 0.3) is 0 Å². The van der Waals surface area contributed by atoms with E-state index in [-0.39, 0.29) is 12.5 Å². The van der Waals surface area contributed by atoms with Crippen molar-refractivity contribution >= 4 is 12.0 Å². The normalized spacial score (nSPS) is 12.0. The molecule has 0 aromatic carbocycles. The van der Waals surface area contributed by atoms with Gasteiger partial charge in [-0.25, -0.2) is 14.8 Å². The highest BCUT2D eigenvalue weighted by molar-refractivity contribution is 5.87. The van der Waals surface area contributed by atoms with Crippen molar-refractivity contribution < 1.29 is 15.0 Å². The summed E-state index contributed by atoms with van der Waals surface area (Å²) in [5.41, 5.74) is 1.51. The number of aromatic nitrogens is 2. The van der Waals surface area contributed by atoms with Gasteiger partial charge in [-0.15, -0.1) is 0 Å². The lowest BCUT2D eigenvalue weighted by Gasteiger charge is -2.09. The fourth-order valence-electron chi connectivity index (χ4n) is 1.20. The lowest BCUT2D eigenvalue weighted by molar-refractivity contribution is 0.0965. The first-order chi connectivity index (χ1) is 8.01. The van der Waals surface area contributed by atoms with Crippen molar-refractivity contribution in [3.8, 4) is 0 Å². The Hall–Kier alpha value is -1.73. The molecular weight excluding hydrogens is 224 g/mol. The van der Waals surface area contributed by atoms with E-state index in [0.29, 0.717) is 0 Å². The molecule has 0 radical (unpaired) electrons. The van der Waals surface area contributed by atoms with Gasteiger partial charge in [0.05, 0.1) is 12.7 Å². The number of nitrogens with one attached hydrogen (secondary N) is 2. The van der Waals surface area contributed by atoms with Gasteiger partial charge in [-0.05, 0) is 19.9 Å². The molecule has 1 rings (SSSR count). The van der Waals surface area contributed by atoms with Crippen molar-refractivity contribution in [2.45, 2.75) is 20.0 Å². The maximum Gasteiger partial charge on any atom is 0.321 e. The van der Waals surface area contributed by atoms with E-state index >= 15 is 0 Å². The Labute approximate surface area is 98.9 Å². The van der Waals surface area contributed by atoms with Crippen LogP contribution in [0, 0.1) is 13.8 Å². The summed E-state index contributed by atoms with van der Waals surface area (Å²) in [6.45, 7) is 3.16. The van der Waals surface area contributed by atoms with Crippen LogP contribution in [0.15, 0.2) is 6.07 Å². The van der Waals surface area contributed by atoms with Gasteiger partial charge >= 0.3 is 6.03 Å². The largest absolute Gasteiger partial charge is 0.394 e. The predicted octanol–water partition coefficient (Wildman–Crippen LogP) is -0.432. The number of nitrogens with zero attached hydrogens (tertiary/aromatic N) is 2. The highest BCUT2D eigenvalue weighted by Crippen LogP contribution is 2.03. The zero-order chi connectivity index (χ0) is 12.8. The third kappa shape index (κ3) is 4.75. The summed E-state index contributed by atoms with van der Waals surface area (Å²) >= 11 is 0. The molecule has 0 fully saturated rings. The number of amides is 2. The quantitative estimate of drug-likeness (QED) is 0.571. The van der Waals surface area contributed by atoms with Crippen LogP contribution >= 0.6 is 0 Å². The van der Waals surface area contributed by atoms with Gasteiger partial charge in [0.2, 0.25) is 5.95 Å². The molecule has 0 aliphatic heterocycles. The number of rotatable bonds is 4. The number of aliphatic hydroxyl groups is 2. The fraction of sp³-hybridized carbons (Fsp3) is 0.500. The minimum atomic E-state index is -0.971. The van der Waals surface area contributed by atoms with Gasteiger partial charge in [-0.1, -0.05) is 0 Å². The molecule has 7 nitrogen and oxygen atoms in total. The van der Waals surface area contributed by atoms with E-state index in [1.54, 1.807) is 19.9 Å². The minimum Gasteiger partial charge on any atom is -0.394 e. The van der Waals surface area contributed by atoms with Crippen molar-refractivity contribution in [1.82, 2.24) is 15.3 Å². The van der Waals surface area contributed by atoms with Crippen LogP contribution < -0.4 is 10.6 Å². The zero-order valence-corrected chi connectivity index (χ0v) is 9.77. The Morgan fingerprint density at radius 2 is 2.00 bits per heavy atom. The van der Waals surface area contributed by atoms with Crippen molar-refractivity contribution in [3.05, 3.63) is 17.5 Å². The van der Waals surface area contributed by atoms with Gasteiger partial charge < -0.3 is 15.5 Å². The maximum atomic E-state index is 11.4. The number of carbonyl (C=O) groups excluding carboxylic acids is 1. The molecule has 0 aliphatic carbocycles. The minimum absolute atomic E-state index is 0.0346. The second-order valence-electron chi connectivity index (χ2n) is 3.65. The highest BCUT2D eigenvalue weighted by atomic mass is 16.3. The second kappa shape index (κ2) is 6.12. The summed E-state index contributed by atoms with van der Waals surface area (Å²) in [6, 6.07) is 1.26. The highest BCUT2D eigenvalue weighted by Gasteiger charge is 2.07. The third-order valence-corrected chi connectivity index (χ3v) is 1.92. The second-order valence-corrected chi connectivity index (χ2v) is 3.65. The van der Waals surface area contributed by atoms with Crippen molar-refractivity contribution in [2.75, 3.05) is 18.5 Å². The molecule has 0 saturated carbocycles. The zero-order valence-electron chi connectivity index (χ0n) is 9.77. The van der Waals surface area contributed by atoms with Crippen LogP contribution in [0.1, 0.15) is 11.4 Å². The molecular formula is C10H16N4O3. The molecule has 0 aliphatic rings. The molecule has 2 amide bonds. The molecule has 1 aromatic rings. The molecule has 1 atom stereocenters. The van der Waals surface area contributed by atoms with E-state index in [9.17, 15) is 4.79 Å². The average Bonchev–Trinajstić information content (AvgIpc) is 2.24. The van der Waals surface area contributed by atoms with E-state index < -0.39 is 18.7 Å². The number of aryl methyl sites for hydroxylation is 2. The molecule has 0 bridgehead atoms. The Kier molecular flexibility index (Phi) is 4.80. The van der Waals surface area contributed by atoms with E-state index in [0.717, 1.165) is 11.4 Å². The van der Waals surface area contributed by atoms with Crippen LogP contribution in [-0.2, 0) is 0 Å². The standard InChI is InChI=1S/C10H16N4O3/c1-6-3-7(2)13-9(12-6)14-10(17)11-4-8(16)5-15/h3,8,15-16H,4-5H2,1-2H3,(H2,11,12,13,14,17). The summed E-state index contributed by atoms with van der Waals surface area (Å²) in [7, 11) is 0. The van der Waals surface area contributed by atoms with Crippen LogP contribution in [0.3, 0.4) is 0 Å².